The number of rotatable bonds is 11. The molecule has 0 radical (unpaired) electrons. The van der Waals surface area contributed by atoms with Crippen LogP contribution in [-0.2, 0) is 20.9 Å². The van der Waals surface area contributed by atoms with Gasteiger partial charge in [-0.05, 0) is 49.9 Å². The standard InChI is InChI=1S/C28H34F2N4O6/c1-4-32(3)26(36)20-7-8-21(31-14-20)17-39-27(37)23-15-33(11-12-34(23)18(2)35)22-9-10-24(40-28(29)30)25(13-22)38-16-19-5-6-19/h7-10,13-14,19,23,28H,4-6,11-12,15-17H2,1-3H3. The summed E-state index contributed by atoms with van der Waals surface area (Å²) in [5.41, 5.74) is 1.53. The molecular formula is C28H34F2N4O6. The SMILES string of the molecule is CCN(C)C(=O)c1ccc(COC(=O)C2CN(c3ccc(OC(F)F)c(OCC4CC4)c3)CCN2C(C)=O)nc1. The van der Waals surface area contributed by atoms with Gasteiger partial charge in [-0.1, -0.05) is 0 Å². The number of alkyl halides is 2. The fourth-order valence-electron chi connectivity index (χ4n) is 4.33. The highest BCUT2D eigenvalue weighted by molar-refractivity contribution is 5.93. The summed E-state index contributed by atoms with van der Waals surface area (Å²) in [5, 5.41) is 0. The zero-order valence-electron chi connectivity index (χ0n) is 22.8. The van der Waals surface area contributed by atoms with Crippen LogP contribution in [0, 0.1) is 5.92 Å². The lowest BCUT2D eigenvalue weighted by Crippen LogP contribution is -2.58. The Morgan fingerprint density at radius 2 is 1.90 bits per heavy atom. The summed E-state index contributed by atoms with van der Waals surface area (Å²) in [7, 11) is 1.69. The van der Waals surface area contributed by atoms with Gasteiger partial charge in [0.1, 0.15) is 12.6 Å². The first-order chi connectivity index (χ1) is 19.2. The summed E-state index contributed by atoms with van der Waals surface area (Å²) >= 11 is 0. The summed E-state index contributed by atoms with van der Waals surface area (Å²) < 4.78 is 41.8. The van der Waals surface area contributed by atoms with Crippen LogP contribution < -0.4 is 14.4 Å². The van der Waals surface area contributed by atoms with Gasteiger partial charge in [0.25, 0.3) is 5.91 Å². The van der Waals surface area contributed by atoms with E-state index in [1.165, 1.54) is 24.1 Å². The maximum Gasteiger partial charge on any atom is 0.387 e. The number of ether oxygens (including phenoxy) is 3. The van der Waals surface area contributed by atoms with E-state index in [0.717, 1.165) is 12.8 Å². The monoisotopic (exact) mass is 560 g/mol. The number of hydrogen-bond donors (Lipinski definition) is 0. The first-order valence-corrected chi connectivity index (χ1v) is 13.3. The Labute approximate surface area is 231 Å². The second-order valence-corrected chi connectivity index (χ2v) is 9.90. The Morgan fingerprint density at radius 1 is 1.12 bits per heavy atom. The van der Waals surface area contributed by atoms with Crippen LogP contribution in [-0.4, -0.2) is 85.1 Å². The maximum absolute atomic E-state index is 13.1. The first kappa shape index (κ1) is 29.0. The minimum atomic E-state index is -2.99. The number of nitrogens with zero attached hydrogens (tertiary/aromatic N) is 4. The zero-order chi connectivity index (χ0) is 28.8. The molecule has 40 heavy (non-hydrogen) atoms. The number of carbonyl (C=O) groups excluding carboxylic acids is 3. The number of aromatic nitrogens is 1. The molecule has 1 saturated carbocycles. The van der Waals surface area contributed by atoms with E-state index in [1.807, 2.05) is 11.8 Å². The topological polar surface area (TPSA) is 102 Å². The number of piperazine rings is 1. The number of pyridine rings is 1. The number of amides is 2. The van der Waals surface area contributed by atoms with Crippen LogP contribution in [0.1, 0.15) is 42.7 Å². The van der Waals surface area contributed by atoms with Gasteiger partial charge in [0.15, 0.2) is 11.5 Å². The molecule has 0 N–H and O–H groups in total. The van der Waals surface area contributed by atoms with Crippen molar-refractivity contribution in [2.24, 2.45) is 5.92 Å². The summed E-state index contributed by atoms with van der Waals surface area (Å²) in [6.07, 6.45) is 3.51. The number of benzene rings is 1. The molecule has 1 saturated heterocycles. The normalized spacial score (nSPS) is 17.0. The molecule has 1 aliphatic heterocycles. The van der Waals surface area contributed by atoms with Crippen molar-refractivity contribution in [3.63, 3.8) is 0 Å². The number of halogens is 2. The molecule has 1 aromatic heterocycles. The van der Waals surface area contributed by atoms with Crippen molar-refractivity contribution in [2.75, 3.05) is 44.7 Å². The highest BCUT2D eigenvalue weighted by Gasteiger charge is 2.36. The molecule has 10 nitrogen and oxygen atoms in total. The highest BCUT2D eigenvalue weighted by Crippen LogP contribution is 2.36. The second-order valence-electron chi connectivity index (χ2n) is 9.90. The molecule has 0 spiro atoms. The minimum absolute atomic E-state index is 0.0562. The molecule has 2 fully saturated rings. The largest absolute Gasteiger partial charge is 0.489 e. The van der Waals surface area contributed by atoms with E-state index in [0.29, 0.717) is 42.6 Å². The van der Waals surface area contributed by atoms with Crippen molar-refractivity contribution in [1.82, 2.24) is 14.8 Å². The van der Waals surface area contributed by atoms with E-state index in [4.69, 9.17) is 9.47 Å². The lowest BCUT2D eigenvalue weighted by molar-refractivity contribution is -0.156. The summed E-state index contributed by atoms with van der Waals surface area (Å²) in [6.45, 7) is 1.94. The lowest BCUT2D eigenvalue weighted by atomic mass is 10.1. The molecule has 1 unspecified atom stereocenters. The van der Waals surface area contributed by atoms with E-state index in [-0.39, 0.29) is 43.0 Å². The van der Waals surface area contributed by atoms with Gasteiger partial charge in [0.2, 0.25) is 5.91 Å². The van der Waals surface area contributed by atoms with Crippen LogP contribution in [0.4, 0.5) is 14.5 Å². The highest BCUT2D eigenvalue weighted by atomic mass is 19.3. The van der Waals surface area contributed by atoms with Gasteiger partial charge in [-0.2, -0.15) is 8.78 Å². The van der Waals surface area contributed by atoms with Crippen LogP contribution in [0.3, 0.4) is 0 Å². The Morgan fingerprint density at radius 3 is 2.52 bits per heavy atom. The first-order valence-electron chi connectivity index (χ1n) is 13.3. The van der Waals surface area contributed by atoms with Gasteiger partial charge in [0.05, 0.1) is 17.9 Å². The third kappa shape index (κ3) is 7.36. The van der Waals surface area contributed by atoms with E-state index >= 15 is 0 Å². The van der Waals surface area contributed by atoms with Crippen molar-refractivity contribution in [3.8, 4) is 11.5 Å². The van der Waals surface area contributed by atoms with Gasteiger partial charge in [-0.15, -0.1) is 0 Å². The van der Waals surface area contributed by atoms with E-state index in [1.54, 1.807) is 36.2 Å². The molecule has 2 aromatic rings. The average Bonchev–Trinajstić information content (AvgIpc) is 3.79. The average molecular weight is 561 g/mol. The molecule has 12 heteroatoms. The second kappa shape index (κ2) is 12.9. The molecule has 2 aliphatic rings. The third-order valence-corrected chi connectivity index (χ3v) is 6.99. The molecule has 2 heterocycles. The molecular weight excluding hydrogens is 526 g/mol. The van der Waals surface area contributed by atoms with Gasteiger partial charge >= 0.3 is 12.6 Å². The molecule has 216 valence electrons. The Kier molecular flexibility index (Phi) is 9.38. The predicted molar refractivity (Wildman–Crippen MR) is 141 cm³/mol. The minimum Gasteiger partial charge on any atom is -0.489 e. The molecule has 1 aromatic carbocycles. The van der Waals surface area contributed by atoms with Gasteiger partial charge in [-0.3, -0.25) is 14.6 Å². The van der Waals surface area contributed by atoms with E-state index < -0.39 is 18.6 Å². The molecule has 2 amide bonds. The molecule has 4 rings (SSSR count). The Bertz CT molecular complexity index is 1210. The summed E-state index contributed by atoms with van der Waals surface area (Å²) in [5.74, 6) is -0.472. The van der Waals surface area contributed by atoms with Crippen LogP contribution >= 0.6 is 0 Å². The van der Waals surface area contributed by atoms with Crippen molar-refractivity contribution in [2.45, 2.75) is 45.9 Å². The Hall–Kier alpha value is -3.96. The number of carbonyl (C=O) groups is 3. The van der Waals surface area contributed by atoms with Crippen molar-refractivity contribution in [1.29, 1.82) is 0 Å². The van der Waals surface area contributed by atoms with Crippen LogP contribution in [0.2, 0.25) is 0 Å². The van der Waals surface area contributed by atoms with Crippen molar-refractivity contribution < 1.29 is 37.4 Å². The number of esters is 1. The number of hydrogen-bond acceptors (Lipinski definition) is 8. The fourth-order valence-corrected chi connectivity index (χ4v) is 4.33. The summed E-state index contributed by atoms with van der Waals surface area (Å²) in [6, 6.07) is 7.02. The van der Waals surface area contributed by atoms with E-state index in [9.17, 15) is 23.2 Å². The maximum atomic E-state index is 13.1. The van der Waals surface area contributed by atoms with Crippen LogP contribution in [0.15, 0.2) is 36.5 Å². The lowest BCUT2D eigenvalue weighted by Gasteiger charge is -2.40. The predicted octanol–water partition coefficient (Wildman–Crippen LogP) is 3.34. The smallest absolute Gasteiger partial charge is 0.387 e. The number of anilines is 1. The quantitative estimate of drug-likeness (QED) is 0.386. The van der Waals surface area contributed by atoms with Crippen molar-refractivity contribution in [3.05, 3.63) is 47.8 Å². The molecule has 1 atom stereocenters. The van der Waals surface area contributed by atoms with Crippen LogP contribution in [0.25, 0.3) is 0 Å². The molecule has 1 aliphatic carbocycles. The van der Waals surface area contributed by atoms with E-state index in [2.05, 4.69) is 9.72 Å². The zero-order valence-corrected chi connectivity index (χ0v) is 22.8. The van der Waals surface area contributed by atoms with Crippen molar-refractivity contribution >= 4 is 23.5 Å². The summed E-state index contributed by atoms with van der Waals surface area (Å²) in [4.78, 5) is 46.8. The molecule has 0 bridgehead atoms. The fraction of sp³-hybridized carbons (Fsp3) is 0.500. The van der Waals surface area contributed by atoms with Gasteiger partial charge in [-0.25, -0.2) is 4.79 Å². The van der Waals surface area contributed by atoms with Gasteiger partial charge in [0, 0.05) is 58.1 Å². The Balaban J connectivity index is 1.44. The van der Waals surface area contributed by atoms with Crippen LogP contribution in [0.5, 0.6) is 11.5 Å². The third-order valence-electron chi connectivity index (χ3n) is 6.99. The van der Waals surface area contributed by atoms with Gasteiger partial charge < -0.3 is 28.9 Å².